The van der Waals surface area contributed by atoms with E-state index in [2.05, 4.69) is 35.1 Å². The second-order valence-corrected chi connectivity index (χ2v) is 6.01. The molecule has 0 aromatic heterocycles. The topological polar surface area (TPSA) is 49.4 Å². The molecule has 5 heteroatoms. The molecular weight excluding hydrogens is 320 g/mol. The van der Waals surface area contributed by atoms with Crippen molar-refractivity contribution in [2.24, 2.45) is 0 Å². The molecule has 1 aromatic carbocycles. The second-order valence-electron chi connectivity index (χ2n) is 5.10. The minimum atomic E-state index is -0.198. The lowest BCUT2D eigenvalue weighted by Gasteiger charge is -2.17. The highest BCUT2D eigenvalue weighted by Crippen LogP contribution is 2.25. The van der Waals surface area contributed by atoms with Crippen LogP contribution in [0.4, 0.5) is 0 Å². The molecule has 1 unspecified atom stereocenters. The Morgan fingerprint density at radius 2 is 1.95 bits per heavy atom. The number of fused-ring (bicyclic) bond motifs is 1. The fourth-order valence-corrected chi connectivity index (χ4v) is 2.78. The van der Waals surface area contributed by atoms with Crippen molar-refractivity contribution in [2.45, 2.75) is 32.7 Å². The molecule has 0 bridgehead atoms. The van der Waals surface area contributed by atoms with E-state index in [0.717, 1.165) is 17.3 Å². The second kappa shape index (κ2) is 6.50. The van der Waals surface area contributed by atoms with Gasteiger partial charge in [0.05, 0.1) is 11.1 Å². The molecule has 1 N–H and O–H groups in total. The molecule has 2 rings (SSSR count). The summed E-state index contributed by atoms with van der Waals surface area (Å²) in [7, 11) is 0. The molecule has 20 heavy (non-hydrogen) atoms. The van der Waals surface area contributed by atoms with Gasteiger partial charge in [-0.05, 0) is 31.5 Å². The largest absolute Gasteiger partial charge is 0.312 e. The molecule has 1 aromatic rings. The summed E-state index contributed by atoms with van der Waals surface area (Å²) in [4.78, 5) is 25.7. The minimum absolute atomic E-state index is 0.192. The SMILES string of the molecule is CCCC(C)NCCN1C(=O)c2ccc(Br)cc2C1=O. The van der Waals surface area contributed by atoms with Crippen molar-refractivity contribution < 1.29 is 9.59 Å². The van der Waals surface area contributed by atoms with Gasteiger partial charge in [0.15, 0.2) is 0 Å². The number of nitrogens with zero attached hydrogens (tertiary/aromatic N) is 1. The first-order valence-corrected chi connectivity index (χ1v) is 7.73. The van der Waals surface area contributed by atoms with Crippen LogP contribution in [-0.2, 0) is 0 Å². The van der Waals surface area contributed by atoms with Gasteiger partial charge in [-0.15, -0.1) is 0 Å². The van der Waals surface area contributed by atoms with E-state index >= 15 is 0 Å². The van der Waals surface area contributed by atoms with Crippen LogP contribution >= 0.6 is 15.9 Å². The Bertz CT molecular complexity index is 531. The average molecular weight is 339 g/mol. The number of hydrogen-bond acceptors (Lipinski definition) is 3. The van der Waals surface area contributed by atoms with E-state index in [1.807, 2.05) is 0 Å². The summed E-state index contributed by atoms with van der Waals surface area (Å²) < 4.78 is 0.814. The zero-order chi connectivity index (χ0) is 14.7. The first-order valence-electron chi connectivity index (χ1n) is 6.93. The summed E-state index contributed by atoms with van der Waals surface area (Å²) in [5.41, 5.74) is 0.991. The number of amides is 2. The Morgan fingerprint density at radius 3 is 2.65 bits per heavy atom. The van der Waals surface area contributed by atoms with Crippen LogP contribution in [0, 0.1) is 0 Å². The molecular formula is C15H19BrN2O2. The first-order chi connectivity index (χ1) is 9.54. The zero-order valence-corrected chi connectivity index (χ0v) is 13.4. The van der Waals surface area contributed by atoms with Crippen molar-refractivity contribution in [3.8, 4) is 0 Å². The first kappa shape index (κ1) is 15.2. The van der Waals surface area contributed by atoms with Gasteiger partial charge in [-0.1, -0.05) is 29.3 Å². The summed E-state index contributed by atoms with van der Waals surface area (Å²) >= 11 is 3.33. The van der Waals surface area contributed by atoms with E-state index in [-0.39, 0.29) is 11.8 Å². The number of halogens is 1. The quantitative estimate of drug-likeness (QED) is 0.811. The number of imide groups is 1. The third-order valence-electron chi connectivity index (χ3n) is 3.48. The molecule has 2 amide bonds. The lowest BCUT2D eigenvalue weighted by Crippen LogP contribution is -2.38. The molecule has 1 atom stereocenters. The number of nitrogens with one attached hydrogen (secondary N) is 1. The molecule has 1 heterocycles. The van der Waals surface area contributed by atoms with Crippen LogP contribution in [0.25, 0.3) is 0 Å². The maximum Gasteiger partial charge on any atom is 0.261 e. The average Bonchev–Trinajstić information content (AvgIpc) is 2.63. The van der Waals surface area contributed by atoms with Gasteiger partial charge in [-0.25, -0.2) is 0 Å². The Labute approximate surface area is 127 Å². The minimum Gasteiger partial charge on any atom is -0.312 e. The van der Waals surface area contributed by atoms with Crippen molar-refractivity contribution in [1.29, 1.82) is 0 Å². The summed E-state index contributed by atoms with van der Waals surface area (Å²) in [6.45, 7) is 5.30. The Kier molecular flexibility index (Phi) is 4.94. The molecule has 0 radical (unpaired) electrons. The fourth-order valence-electron chi connectivity index (χ4n) is 2.42. The maximum atomic E-state index is 12.2. The molecule has 0 saturated heterocycles. The Balaban J connectivity index is 1.98. The molecule has 0 fully saturated rings. The van der Waals surface area contributed by atoms with Crippen LogP contribution < -0.4 is 5.32 Å². The van der Waals surface area contributed by atoms with E-state index < -0.39 is 0 Å². The number of carbonyl (C=O) groups excluding carboxylic acids is 2. The van der Waals surface area contributed by atoms with Gasteiger partial charge in [-0.2, -0.15) is 0 Å². The molecule has 4 nitrogen and oxygen atoms in total. The van der Waals surface area contributed by atoms with Crippen molar-refractivity contribution >= 4 is 27.7 Å². The fraction of sp³-hybridized carbons (Fsp3) is 0.467. The number of carbonyl (C=O) groups is 2. The smallest absolute Gasteiger partial charge is 0.261 e. The van der Waals surface area contributed by atoms with Gasteiger partial charge in [0.25, 0.3) is 11.8 Å². The van der Waals surface area contributed by atoms with Crippen LogP contribution in [0.1, 0.15) is 47.4 Å². The summed E-state index contributed by atoms with van der Waals surface area (Å²) in [5.74, 6) is -0.390. The highest BCUT2D eigenvalue weighted by Gasteiger charge is 2.34. The van der Waals surface area contributed by atoms with E-state index in [0.29, 0.717) is 30.3 Å². The van der Waals surface area contributed by atoms with Crippen molar-refractivity contribution in [2.75, 3.05) is 13.1 Å². The van der Waals surface area contributed by atoms with Crippen LogP contribution in [0.5, 0.6) is 0 Å². The molecule has 1 aliphatic heterocycles. The lowest BCUT2D eigenvalue weighted by molar-refractivity contribution is 0.0654. The van der Waals surface area contributed by atoms with Crippen LogP contribution in [0.3, 0.4) is 0 Å². The van der Waals surface area contributed by atoms with E-state index in [4.69, 9.17) is 0 Å². The standard InChI is InChI=1S/C15H19BrN2O2/c1-3-4-10(2)17-7-8-18-14(19)12-6-5-11(16)9-13(12)15(18)20/h5-6,9-10,17H,3-4,7-8H2,1-2H3. The molecule has 0 aliphatic carbocycles. The summed E-state index contributed by atoms with van der Waals surface area (Å²) in [6, 6.07) is 5.61. The van der Waals surface area contributed by atoms with Crippen LogP contribution in [0.15, 0.2) is 22.7 Å². The highest BCUT2D eigenvalue weighted by atomic mass is 79.9. The van der Waals surface area contributed by atoms with Gasteiger partial charge in [0, 0.05) is 23.6 Å². The number of benzene rings is 1. The highest BCUT2D eigenvalue weighted by molar-refractivity contribution is 9.10. The van der Waals surface area contributed by atoms with Crippen molar-refractivity contribution in [3.05, 3.63) is 33.8 Å². The van der Waals surface area contributed by atoms with Gasteiger partial charge < -0.3 is 5.32 Å². The predicted octanol–water partition coefficient (Wildman–Crippen LogP) is 2.82. The van der Waals surface area contributed by atoms with Gasteiger partial charge in [0.1, 0.15) is 0 Å². The lowest BCUT2D eigenvalue weighted by atomic mass is 10.1. The van der Waals surface area contributed by atoms with Crippen LogP contribution in [-0.4, -0.2) is 35.8 Å². The molecule has 108 valence electrons. The van der Waals surface area contributed by atoms with Gasteiger partial charge in [0.2, 0.25) is 0 Å². The van der Waals surface area contributed by atoms with E-state index in [1.54, 1.807) is 18.2 Å². The summed E-state index contributed by atoms with van der Waals surface area (Å²) in [6.07, 6.45) is 2.21. The maximum absolute atomic E-state index is 12.2. The summed E-state index contributed by atoms with van der Waals surface area (Å²) in [5, 5.41) is 3.33. The Hall–Kier alpha value is -1.20. The number of hydrogen-bond donors (Lipinski definition) is 1. The molecule has 0 saturated carbocycles. The molecule has 1 aliphatic rings. The van der Waals surface area contributed by atoms with Gasteiger partial charge >= 0.3 is 0 Å². The monoisotopic (exact) mass is 338 g/mol. The predicted molar refractivity (Wildman–Crippen MR) is 81.9 cm³/mol. The van der Waals surface area contributed by atoms with Crippen molar-refractivity contribution in [1.82, 2.24) is 10.2 Å². The normalized spacial score (nSPS) is 15.7. The Morgan fingerprint density at radius 1 is 1.25 bits per heavy atom. The van der Waals surface area contributed by atoms with Crippen molar-refractivity contribution in [3.63, 3.8) is 0 Å². The third-order valence-corrected chi connectivity index (χ3v) is 3.98. The zero-order valence-electron chi connectivity index (χ0n) is 11.8. The number of rotatable bonds is 6. The van der Waals surface area contributed by atoms with Gasteiger partial charge in [-0.3, -0.25) is 14.5 Å². The third kappa shape index (κ3) is 3.10. The van der Waals surface area contributed by atoms with E-state index in [9.17, 15) is 9.59 Å². The van der Waals surface area contributed by atoms with E-state index in [1.165, 1.54) is 4.90 Å². The van der Waals surface area contributed by atoms with Crippen LogP contribution in [0.2, 0.25) is 0 Å². The molecule has 0 spiro atoms.